The van der Waals surface area contributed by atoms with Crippen LogP contribution in [-0.2, 0) is 18.3 Å². The molecular formula is C19H23ClF3N3O. The molecule has 2 aromatic rings. The second-order valence-corrected chi connectivity index (χ2v) is 7.68. The Morgan fingerprint density at radius 3 is 2.59 bits per heavy atom. The van der Waals surface area contributed by atoms with Gasteiger partial charge in [-0.05, 0) is 49.6 Å². The van der Waals surface area contributed by atoms with Crippen molar-refractivity contribution in [1.82, 2.24) is 14.7 Å². The maximum absolute atomic E-state index is 12.9. The van der Waals surface area contributed by atoms with Gasteiger partial charge in [-0.1, -0.05) is 12.1 Å². The van der Waals surface area contributed by atoms with E-state index < -0.39 is 17.3 Å². The van der Waals surface area contributed by atoms with Gasteiger partial charge >= 0.3 is 6.18 Å². The molecule has 8 heteroatoms. The summed E-state index contributed by atoms with van der Waals surface area (Å²) in [6, 6.07) is 6.87. The summed E-state index contributed by atoms with van der Waals surface area (Å²) in [7, 11) is 0. The van der Waals surface area contributed by atoms with Crippen molar-refractivity contribution in [2.24, 2.45) is 0 Å². The number of hydrogen-bond donors (Lipinski definition) is 1. The lowest BCUT2D eigenvalue weighted by atomic mass is 9.83. The van der Waals surface area contributed by atoms with Gasteiger partial charge in [0.25, 0.3) is 0 Å². The molecular weight excluding hydrogens is 379 g/mol. The van der Waals surface area contributed by atoms with Gasteiger partial charge in [0, 0.05) is 25.5 Å². The third-order valence-electron chi connectivity index (χ3n) is 5.11. The van der Waals surface area contributed by atoms with E-state index in [-0.39, 0.29) is 5.38 Å². The summed E-state index contributed by atoms with van der Waals surface area (Å²) in [5, 5.41) is 15.0. The van der Waals surface area contributed by atoms with Crippen LogP contribution in [0.25, 0.3) is 0 Å². The molecule has 1 unspecified atom stereocenters. The van der Waals surface area contributed by atoms with Crippen LogP contribution in [0.5, 0.6) is 0 Å². The molecule has 1 saturated heterocycles. The van der Waals surface area contributed by atoms with Crippen LogP contribution in [0.15, 0.2) is 42.7 Å². The monoisotopic (exact) mass is 401 g/mol. The zero-order valence-corrected chi connectivity index (χ0v) is 15.6. The van der Waals surface area contributed by atoms with Crippen LogP contribution in [0.3, 0.4) is 0 Å². The van der Waals surface area contributed by atoms with Gasteiger partial charge in [0.05, 0.1) is 23.1 Å². The number of rotatable bonds is 6. The first kappa shape index (κ1) is 20.2. The van der Waals surface area contributed by atoms with E-state index in [0.717, 1.165) is 25.1 Å². The smallest absolute Gasteiger partial charge is 0.385 e. The van der Waals surface area contributed by atoms with E-state index in [1.165, 1.54) is 6.07 Å². The SMILES string of the molecule is OC1(c2cccc(C(F)(F)F)c2)CCN(CCC(Cl)Cn2cccn2)CC1. The van der Waals surface area contributed by atoms with Crippen LogP contribution in [0, 0.1) is 0 Å². The Bertz CT molecular complexity index is 728. The number of hydrogen-bond acceptors (Lipinski definition) is 3. The standard InChI is InChI=1S/C19H23ClF3N3O/c20-17(14-26-9-2-8-24-26)5-10-25-11-6-18(27,7-12-25)15-3-1-4-16(13-15)19(21,22)23/h1-4,8-9,13,17,27H,5-7,10-12,14H2. The molecule has 1 N–H and O–H groups in total. The number of aliphatic hydroxyl groups is 1. The van der Waals surface area contributed by atoms with E-state index in [1.54, 1.807) is 16.9 Å². The number of benzene rings is 1. The van der Waals surface area contributed by atoms with Crippen molar-refractivity contribution >= 4 is 11.6 Å². The number of likely N-dealkylation sites (tertiary alicyclic amines) is 1. The van der Waals surface area contributed by atoms with Crippen LogP contribution in [-0.4, -0.2) is 44.8 Å². The van der Waals surface area contributed by atoms with E-state index in [0.29, 0.717) is 38.0 Å². The Labute approximate surface area is 161 Å². The Morgan fingerprint density at radius 1 is 1.22 bits per heavy atom. The van der Waals surface area contributed by atoms with E-state index >= 15 is 0 Å². The molecule has 0 aliphatic carbocycles. The van der Waals surface area contributed by atoms with Gasteiger partial charge in [-0.2, -0.15) is 18.3 Å². The highest BCUT2D eigenvalue weighted by atomic mass is 35.5. The normalized spacial score (nSPS) is 19.1. The summed E-state index contributed by atoms with van der Waals surface area (Å²) in [5.74, 6) is 0. The first-order valence-electron chi connectivity index (χ1n) is 9.00. The lowest BCUT2D eigenvalue weighted by Gasteiger charge is -2.39. The van der Waals surface area contributed by atoms with E-state index in [9.17, 15) is 18.3 Å². The van der Waals surface area contributed by atoms with Crippen molar-refractivity contribution < 1.29 is 18.3 Å². The number of piperidine rings is 1. The fraction of sp³-hybridized carbons (Fsp3) is 0.526. The second-order valence-electron chi connectivity index (χ2n) is 7.07. The number of halogens is 4. The number of aromatic nitrogens is 2. The summed E-state index contributed by atoms with van der Waals surface area (Å²) in [6.07, 6.45) is 0.759. The molecule has 0 radical (unpaired) electrons. The summed E-state index contributed by atoms with van der Waals surface area (Å²) in [4.78, 5) is 2.19. The van der Waals surface area contributed by atoms with Gasteiger partial charge in [0.1, 0.15) is 0 Å². The molecule has 0 bridgehead atoms. The topological polar surface area (TPSA) is 41.3 Å². The van der Waals surface area contributed by atoms with Crippen LogP contribution >= 0.6 is 11.6 Å². The molecule has 0 saturated carbocycles. The highest BCUT2D eigenvalue weighted by molar-refractivity contribution is 6.20. The van der Waals surface area contributed by atoms with Crippen molar-refractivity contribution in [3.05, 3.63) is 53.9 Å². The van der Waals surface area contributed by atoms with Crippen LogP contribution in [0.1, 0.15) is 30.4 Å². The van der Waals surface area contributed by atoms with E-state index in [4.69, 9.17) is 11.6 Å². The van der Waals surface area contributed by atoms with Gasteiger partial charge in [-0.3, -0.25) is 4.68 Å². The Kier molecular flexibility index (Phi) is 6.13. The molecule has 1 fully saturated rings. The first-order chi connectivity index (χ1) is 12.8. The zero-order chi connectivity index (χ0) is 19.5. The van der Waals surface area contributed by atoms with Crippen molar-refractivity contribution in [2.75, 3.05) is 19.6 Å². The van der Waals surface area contributed by atoms with Gasteiger partial charge < -0.3 is 10.0 Å². The summed E-state index contributed by atoms with van der Waals surface area (Å²) in [5.41, 5.74) is -1.60. The second kappa shape index (κ2) is 8.20. The number of nitrogens with zero attached hydrogens (tertiary/aromatic N) is 3. The fourth-order valence-electron chi connectivity index (χ4n) is 3.45. The molecule has 4 nitrogen and oxygen atoms in total. The average Bonchev–Trinajstić information content (AvgIpc) is 3.14. The third kappa shape index (κ3) is 5.24. The average molecular weight is 402 g/mol. The van der Waals surface area contributed by atoms with Crippen molar-refractivity contribution in [3.63, 3.8) is 0 Å². The van der Waals surface area contributed by atoms with Gasteiger partial charge in [-0.15, -0.1) is 11.6 Å². The van der Waals surface area contributed by atoms with E-state index in [1.807, 2.05) is 12.3 Å². The molecule has 1 aliphatic heterocycles. The van der Waals surface area contributed by atoms with Crippen LogP contribution < -0.4 is 0 Å². The summed E-state index contributed by atoms with van der Waals surface area (Å²) in [6.45, 7) is 2.67. The lowest BCUT2D eigenvalue weighted by molar-refractivity contribution is -0.137. The molecule has 27 heavy (non-hydrogen) atoms. The van der Waals surface area contributed by atoms with Gasteiger partial charge in [-0.25, -0.2) is 0 Å². The van der Waals surface area contributed by atoms with E-state index in [2.05, 4.69) is 10.00 Å². The quantitative estimate of drug-likeness (QED) is 0.747. The summed E-state index contributed by atoms with van der Waals surface area (Å²) >= 11 is 6.36. The Balaban J connectivity index is 1.52. The van der Waals surface area contributed by atoms with Crippen molar-refractivity contribution in [1.29, 1.82) is 0 Å². The Morgan fingerprint density at radius 2 is 1.96 bits per heavy atom. The minimum atomic E-state index is -4.41. The predicted molar refractivity (Wildman–Crippen MR) is 97.5 cm³/mol. The Hall–Kier alpha value is -1.57. The molecule has 0 amide bonds. The molecule has 0 spiro atoms. The highest BCUT2D eigenvalue weighted by Crippen LogP contribution is 2.36. The molecule has 1 atom stereocenters. The number of alkyl halides is 4. The minimum absolute atomic E-state index is 0.0471. The molecule has 148 valence electrons. The fourth-order valence-corrected chi connectivity index (χ4v) is 3.68. The van der Waals surface area contributed by atoms with Crippen LogP contribution in [0.2, 0.25) is 0 Å². The zero-order valence-electron chi connectivity index (χ0n) is 14.9. The molecule has 3 rings (SSSR count). The van der Waals surface area contributed by atoms with Gasteiger partial charge in [0.2, 0.25) is 0 Å². The largest absolute Gasteiger partial charge is 0.416 e. The molecule has 2 heterocycles. The third-order valence-corrected chi connectivity index (χ3v) is 5.47. The minimum Gasteiger partial charge on any atom is -0.385 e. The van der Waals surface area contributed by atoms with Crippen LogP contribution in [0.4, 0.5) is 13.2 Å². The predicted octanol–water partition coefficient (Wildman–Crippen LogP) is 3.88. The molecule has 1 aliphatic rings. The molecule has 1 aromatic heterocycles. The maximum atomic E-state index is 12.9. The van der Waals surface area contributed by atoms with Crippen molar-refractivity contribution in [2.45, 2.75) is 43.0 Å². The summed E-state index contributed by atoms with van der Waals surface area (Å²) < 4.78 is 40.6. The first-order valence-corrected chi connectivity index (χ1v) is 9.44. The lowest BCUT2D eigenvalue weighted by Crippen LogP contribution is -2.43. The van der Waals surface area contributed by atoms with Crippen molar-refractivity contribution in [3.8, 4) is 0 Å². The van der Waals surface area contributed by atoms with Gasteiger partial charge in [0.15, 0.2) is 0 Å². The maximum Gasteiger partial charge on any atom is 0.416 e. The molecule has 1 aromatic carbocycles. The highest BCUT2D eigenvalue weighted by Gasteiger charge is 2.37.